The predicted molar refractivity (Wildman–Crippen MR) is 54.7 cm³/mol. The largest absolute Gasteiger partial charge is 0.506 e. The molecule has 3 nitrogen and oxygen atoms in total. The van der Waals surface area contributed by atoms with Gasteiger partial charge in [0.1, 0.15) is 5.75 Å². The molecule has 2 aromatic rings. The summed E-state index contributed by atoms with van der Waals surface area (Å²) in [7, 11) is 0. The van der Waals surface area contributed by atoms with Crippen LogP contribution in [0.2, 0.25) is 0 Å². The monoisotopic (exact) mass is 188 g/mol. The molecule has 0 fully saturated rings. The van der Waals surface area contributed by atoms with Gasteiger partial charge in [0.2, 0.25) is 0 Å². The van der Waals surface area contributed by atoms with Crippen LogP contribution in [0.3, 0.4) is 0 Å². The van der Waals surface area contributed by atoms with Crippen LogP contribution in [0.4, 0.5) is 0 Å². The second-order valence-corrected chi connectivity index (χ2v) is 3.35. The lowest BCUT2D eigenvalue weighted by atomic mass is 10.1. The molecule has 0 aliphatic heterocycles. The third-order valence-corrected chi connectivity index (χ3v) is 2.44. The summed E-state index contributed by atoms with van der Waals surface area (Å²) in [6.45, 7) is 4.01. The minimum atomic E-state index is 0.283. The van der Waals surface area contributed by atoms with E-state index in [2.05, 4.69) is 4.98 Å². The summed E-state index contributed by atoms with van der Waals surface area (Å²) >= 11 is 0. The minimum absolute atomic E-state index is 0.283. The highest BCUT2D eigenvalue weighted by Gasteiger charge is 2.08. The van der Waals surface area contributed by atoms with Gasteiger partial charge >= 0.3 is 0 Å². The van der Waals surface area contributed by atoms with E-state index in [1.54, 1.807) is 18.6 Å². The smallest absolute Gasteiger partial charge is 0.139 e. The molecule has 0 radical (unpaired) electrons. The summed E-state index contributed by atoms with van der Waals surface area (Å²) in [6, 6.07) is 3.61. The van der Waals surface area contributed by atoms with Crippen LogP contribution >= 0.6 is 0 Å². The van der Waals surface area contributed by atoms with Gasteiger partial charge in [-0.1, -0.05) is 6.07 Å². The van der Waals surface area contributed by atoms with Crippen molar-refractivity contribution in [2.45, 2.75) is 13.8 Å². The predicted octanol–water partition coefficient (Wildman–Crippen LogP) is 2.19. The Morgan fingerprint density at radius 1 is 1.29 bits per heavy atom. The molecule has 2 rings (SSSR count). The van der Waals surface area contributed by atoms with Crippen molar-refractivity contribution >= 4 is 0 Å². The van der Waals surface area contributed by atoms with Crippen LogP contribution in [0.15, 0.2) is 30.9 Å². The van der Waals surface area contributed by atoms with Crippen LogP contribution in [-0.2, 0) is 0 Å². The van der Waals surface area contributed by atoms with Crippen LogP contribution in [0.1, 0.15) is 11.1 Å². The average molecular weight is 188 g/mol. The lowest BCUT2D eigenvalue weighted by molar-refractivity contribution is 0.471. The van der Waals surface area contributed by atoms with Gasteiger partial charge in [0, 0.05) is 12.4 Å². The van der Waals surface area contributed by atoms with Crippen molar-refractivity contribution in [3.05, 3.63) is 42.0 Å². The standard InChI is InChI=1S/C11H12N2O/c1-8-3-4-10(14)11(9(8)2)13-6-5-12-7-13/h3-7,14H,1-2H3. The van der Waals surface area contributed by atoms with Crippen LogP contribution in [0.5, 0.6) is 5.75 Å². The second-order valence-electron chi connectivity index (χ2n) is 3.35. The van der Waals surface area contributed by atoms with Crippen LogP contribution in [-0.4, -0.2) is 14.7 Å². The van der Waals surface area contributed by atoms with E-state index in [1.165, 1.54) is 0 Å². The number of phenols is 1. The summed E-state index contributed by atoms with van der Waals surface area (Å²) in [6.07, 6.45) is 5.20. The number of hydrogen-bond acceptors (Lipinski definition) is 2. The van der Waals surface area contributed by atoms with E-state index in [0.29, 0.717) is 0 Å². The van der Waals surface area contributed by atoms with Gasteiger partial charge in [-0.15, -0.1) is 0 Å². The molecule has 14 heavy (non-hydrogen) atoms. The Kier molecular flexibility index (Phi) is 2.00. The van der Waals surface area contributed by atoms with Gasteiger partial charge in [-0.2, -0.15) is 0 Å². The van der Waals surface area contributed by atoms with E-state index in [1.807, 2.05) is 30.7 Å². The fraction of sp³-hybridized carbons (Fsp3) is 0.182. The maximum absolute atomic E-state index is 9.74. The molecule has 0 bridgehead atoms. The molecule has 3 heteroatoms. The van der Waals surface area contributed by atoms with Crippen molar-refractivity contribution < 1.29 is 5.11 Å². The molecule has 0 amide bonds. The normalized spacial score (nSPS) is 10.4. The fourth-order valence-electron chi connectivity index (χ4n) is 1.50. The number of hydrogen-bond donors (Lipinski definition) is 1. The molecule has 1 N–H and O–H groups in total. The number of aromatic nitrogens is 2. The molecule has 0 saturated heterocycles. The quantitative estimate of drug-likeness (QED) is 0.745. The number of imidazole rings is 1. The van der Waals surface area contributed by atoms with Crippen molar-refractivity contribution in [1.82, 2.24) is 9.55 Å². The Hall–Kier alpha value is -1.77. The first-order valence-corrected chi connectivity index (χ1v) is 4.47. The zero-order valence-electron chi connectivity index (χ0n) is 8.23. The Labute approximate surface area is 82.7 Å². The van der Waals surface area contributed by atoms with Crippen molar-refractivity contribution in [2.75, 3.05) is 0 Å². The Morgan fingerprint density at radius 2 is 2.07 bits per heavy atom. The Bertz CT molecular complexity index is 447. The summed E-state index contributed by atoms with van der Waals surface area (Å²) in [4.78, 5) is 3.96. The van der Waals surface area contributed by atoms with Crippen LogP contribution in [0, 0.1) is 13.8 Å². The van der Waals surface area contributed by atoms with Crippen molar-refractivity contribution in [1.29, 1.82) is 0 Å². The fourth-order valence-corrected chi connectivity index (χ4v) is 1.50. The van der Waals surface area contributed by atoms with Gasteiger partial charge in [0.25, 0.3) is 0 Å². The van der Waals surface area contributed by atoms with Crippen molar-refractivity contribution in [3.8, 4) is 11.4 Å². The van der Waals surface area contributed by atoms with Gasteiger partial charge in [-0.3, -0.25) is 0 Å². The molecular weight excluding hydrogens is 176 g/mol. The number of nitrogens with zero attached hydrogens (tertiary/aromatic N) is 2. The molecule has 0 aliphatic carbocycles. The molecule has 72 valence electrons. The maximum Gasteiger partial charge on any atom is 0.139 e. The van der Waals surface area contributed by atoms with E-state index in [0.717, 1.165) is 16.8 Å². The first-order valence-electron chi connectivity index (χ1n) is 4.47. The number of aryl methyl sites for hydroxylation is 1. The highest BCUT2D eigenvalue weighted by Crippen LogP contribution is 2.27. The first kappa shape index (κ1) is 8.81. The lowest BCUT2D eigenvalue weighted by Gasteiger charge is -2.11. The zero-order chi connectivity index (χ0) is 10.1. The molecule has 0 aliphatic rings. The van der Waals surface area contributed by atoms with E-state index in [9.17, 15) is 5.11 Å². The third-order valence-electron chi connectivity index (χ3n) is 2.44. The van der Waals surface area contributed by atoms with Gasteiger partial charge < -0.3 is 9.67 Å². The van der Waals surface area contributed by atoms with Crippen molar-refractivity contribution in [2.24, 2.45) is 0 Å². The molecule has 0 saturated carbocycles. The van der Waals surface area contributed by atoms with Gasteiger partial charge in [0.15, 0.2) is 0 Å². The molecule has 1 aromatic carbocycles. The summed E-state index contributed by atoms with van der Waals surface area (Å²) in [5.41, 5.74) is 3.04. The second kappa shape index (κ2) is 3.18. The summed E-state index contributed by atoms with van der Waals surface area (Å²) < 4.78 is 1.82. The van der Waals surface area contributed by atoms with Crippen LogP contribution < -0.4 is 0 Å². The number of aromatic hydroxyl groups is 1. The van der Waals surface area contributed by atoms with E-state index in [4.69, 9.17) is 0 Å². The molecule has 1 heterocycles. The first-order chi connectivity index (χ1) is 6.70. The number of rotatable bonds is 1. The highest BCUT2D eigenvalue weighted by atomic mass is 16.3. The SMILES string of the molecule is Cc1ccc(O)c(-n2ccnc2)c1C. The third kappa shape index (κ3) is 1.27. The van der Waals surface area contributed by atoms with E-state index < -0.39 is 0 Å². The molecule has 0 spiro atoms. The highest BCUT2D eigenvalue weighted by molar-refractivity contribution is 5.54. The minimum Gasteiger partial charge on any atom is -0.506 e. The number of benzene rings is 1. The zero-order valence-corrected chi connectivity index (χ0v) is 8.23. The molecule has 0 atom stereocenters. The molecule has 1 aromatic heterocycles. The van der Waals surface area contributed by atoms with E-state index in [-0.39, 0.29) is 5.75 Å². The lowest BCUT2D eigenvalue weighted by Crippen LogP contribution is -1.96. The average Bonchev–Trinajstić information content (AvgIpc) is 2.65. The van der Waals surface area contributed by atoms with Crippen LogP contribution in [0.25, 0.3) is 5.69 Å². The van der Waals surface area contributed by atoms with E-state index >= 15 is 0 Å². The summed E-state index contributed by atoms with van der Waals surface area (Å²) in [5.74, 6) is 0.283. The maximum atomic E-state index is 9.74. The Morgan fingerprint density at radius 3 is 2.71 bits per heavy atom. The number of phenolic OH excluding ortho intramolecular Hbond substituents is 1. The summed E-state index contributed by atoms with van der Waals surface area (Å²) in [5, 5.41) is 9.74. The van der Waals surface area contributed by atoms with Gasteiger partial charge in [-0.05, 0) is 31.0 Å². The van der Waals surface area contributed by atoms with Crippen molar-refractivity contribution in [3.63, 3.8) is 0 Å². The topological polar surface area (TPSA) is 38.0 Å². The Balaban J connectivity index is 2.69. The van der Waals surface area contributed by atoms with Gasteiger partial charge in [0.05, 0.1) is 12.0 Å². The molecular formula is C11H12N2O. The molecule has 0 unspecified atom stereocenters. The van der Waals surface area contributed by atoms with Gasteiger partial charge in [-0.25, -0.2) is 4.98 Å².